The largest absolute Gasteiger partial charge is 0.493 e. The molecule has 1 aromatic carbocycles. The second kappa shape index (κ2) is 8.71. The number of nitrogens with two attached hydrogens (primary N) is 1. The van der Waals surface area contributed by atoms with E-state index in [0.717, 1.165) is 11.3 Å². The Morgan fingerprint density at radius 1 is 1.00 bits per heavy atom. The predicted molar refractivity (Wildman–Crippen MR) is 107 cm³/mol. The van der Waals surface area contributed by atoms with Gasteiger partial charge in [0.05, 0.1) is 32.0 Å². The van der Waals surface area contributed by atoms with Gasteiger partial charge in [-0.15, -0.1) is 0 Å². The lowest BCUT2D eigenvalue weighted by atomic mass is 10.1. The maximum Gasteiger partial charge on any atom is 0.245 e. The highest BCUT2D eigenvalue weighted by Crippen LogP contribution is 2.33. The molecule has 1 unspecified atom stereocenters. The quantitative estimate of drug-likeness (QED) is 0.632. The molecule has 0 bridgehead atoms. The van der Waals surface area contributed by atoms with Crippen molar-refractivity contribution in [3.8, 4) is 28.6 Å². The van der Waals surface area contributed by atoms with Gasteiger partial charge >= 0.3 is 0 Å². The van der Waals surface area contributed by atoms with Gasteiger partial charge in [-0.3, -0.25) is 0 Å². The summed E-state index contributed by atoms with van der Waals surface area (Å²) in [4.78, 5) is 13.2. The standard InChI is InChI=1S/C20H24N4O4/c1-5-27-11-12(2)28-19-18-15(23-20(21)24-19)8-7-14(22-18)13-6-9-16(25-3)17(10-13)26-4/h6-10,12H,5,11H2,1-4H3,(H2,21,23,24). The summed E-state index contributed by atoms with van der Waals surface area (Å²) >= 11 is 0. The lowest BCUT2D eigenvalue weighted by molar-refractivity contribution is 0.0641. The first-order valence-electron chi connectivity index (χ1n) is 8.96. The molecule has 8 nitrogen and oxygen atoms in total. The van der Waals surface area contributed by atoms with E-state index in [-0.39, 0.29) is 12.1 Å². The Labute approximate surface area is 163 Å². The fourth-order valence-corrected chi connectivity index (χ4v) is 2.75. The summed E-state index contributed by atoms with van der Waals surface area (Å²) in [6, 6.07) is 9.31. The molecular formula is C20H24N4O4. The first kappa shape index (κ1) is 19.6. The number of anilines is 1. The van der Waals surface area contributed by atoms with E-state index >= 15 is 0 Å². The normalized spacial score (nSPS) is 12.0. The molecule has 0 aliphatic heterocycles. The van der Waals surface area contributed by atoms with Crippen LogP contribution in [0.2, 0.25) is 0 Å². The van der Waals surface area contributed by atoms with Crippen molar-refractivity contribution in [3.05, 3.63) is 30.3 Å². The number of methoxy groups -OCH3 is 2. The van der Waals surface area contributed by atoms with Gasteiger partial charge in [-0.2, -0.15) is 4.98 Å². The van der Waals surface area contributed by atoms with Crippen LogP contribution in [0.15, 0.2) is 30.3 Å². The lowest BCUT2D eigenvalue weighted by Gasteiger charge is -2.15. The molecule has 28 heavy (non-hydrogen) atoms. The number of fused-ring (bicyclic) bond motifs is 1. The molecule has 3 aromatic rings. The number of hydrogen-bond acceptors (Lipinski definition) is 8. The lowest BCUT2D eigenvalue weighted by Crippen LogP contribution is -2.20. The topological polar surface area (TPSA) is 102 Å². The number of ether oxygens (including phenoxy) is 4. The molecule has 0 aliphatic rings. The van der Waals surface area contributed by atoms with E-state index in [0.29, 0.717) is 41.6 Å². The highest BCUT2D eigenvalue weighted by Gasteiger charge is 2.15. The van der Waals surface area contributed by atoms with Crippen LogP contribution < -0.4 is 19.9 Å². The molecule has 0 saturated carbocycles. The van der Waals surface area contributed by atoms with E-state index in [1.54, 1.807) is 14.2 Å². The van der Waals surface area contributed by atoms with Gasteiger partial charge in [0.25, 0.3) is 0 Å². The van der Waals surface area contributed by atoms with Gasteiger partial charge in [-0.25, -0.2) is 9.97 Å². The smallest absolute Gasteiger partial charge is 0.245 e. The van der Waals surface area contributed by atoms with E-state index in [1.165, 1.54) is 0 Å². The van der Waals surface area contributed by atoms with Crippen LogP contribution in [0.1, 0.15) is 13.8 Å². The van der Waals surface area contributed by atoms with Crippen molar-refractivity contribution in [2.24, 2.45) is 0 Å². The average molecular weight is 384 g/mol. The maximum atomic E-state index is 5.92. The molecule has 0 aliphatic carbocycles. The summed E-state index contributed by atoms with van der Waals surface area (Å²) in [5.41, 5.74) is 8.56. The molecule has 0 spiro atoms. The summed E-state index contributed by atoms with van der Waals surface area (Å²) in [5.74, 6) is 1.73. The minimum absolute atomic E-state index is 0.131. The molecule has 2 heterocycles. The number of nitrogen functional groups attached to an aromatic ring is 1. The van der Waals surface area contributed by atoms with Crippen LogP contribution in [0, 0.1) is 0 Å². The molecule has 8 heteroatoms. The van der Waals surface area contributed by atoms with Gasteiger partial charge in [-0.1, -0.05) is 0 Å². The van der Waals surface area contributed by atoms with E-state index in [1.807, 2.05) is 44.2 Å². The van der Waals surface area contributed by atoms with E-state index in [2.05, 4.69) is 9.97 Å². The first-order valence-corrected chi connectivity index (χ1v) is 8.96. The minimum atomic E-state index is -0.205. The number of aromatic nitrogens is 3. The van der Waals surface area contributed by atoms with Gasteiger partial charge in [0.2, 0.25) is 11.8 Å². The van der Waals surface area contributed by atoms with Gasteiger partial charge in [0.15, 0.2) is 17.0 Å². The zero-order valence-electron chi connectivity index (χ0n) is 16.4. The van der Waals surface area contributed by atoms with Crippen molar-refractivity contribution < 1.29 is 18.9 Å². The number of rotatable bonds is 8. The molecule has 0 amide bonds. The zero-order chi connectivity index (χ0) is 20.1. The first-order chi connectivity index (χ1) is 13.5. The number of nitrogens with zero attached hydrogens (tertiary/aromatic N) is 3. The fraction of sp³-hybridized carbons (Fsp3) is 0.350. The Kier molecular flexibility index (Phi) is 6.10. The van der Waals surface area contributed by atoms with Crippen molar-refractivity contribution in [3.63, 3.8) is 0 Å². The van der Waals surface area contributed by atoms with Crippen molar-refractivity contribution in [2.75, 3.05) is 33.2 Å². The summed E-state index contributed by atoms with van der Waals surface area (Å²) in [6.07, 6.45) is -0.205. The number of benzene rings is 1. The SMILES string of the molecule is CCOCC(C)Oc1nc(N)nc2ccc(-c3ccc(OC)c(OC)c3)nc12. The molecule has 3 rings (SSSR count). The predicted octanol–water partition coefficient (Wildman–Crippen LogP) is 3.10. The molecule has 0 fully saturated rings. The van der Waals surface area contributed by atoms with Crippen LogP contribution in [0.5, 0.6) is 17.4 Å². The average Bonchev–Trinajstić information content (AvgIpc) is 2.71. The van der Waals surface area contributed by atoms with Crippen LogP contribution in [0.4, 0.5) is 5.95 Å². The summed E-state index contributed by atoms with van der Waals surface area (Å²) in [6.45, 7) is 4.89. The third-order valence-electron chi connectivity index (χ3n) is 4.08. The molecule has 2 N–H and O–H groups in total. The van der Waals surface area contributed by atoms with Gasteiger partial charge in [0, 0.05) is 12.2 Å². The number of hydrogen-bond donors (Lipinski definition) is 1. The summed E-state index contributed by atoms with van der Waals surface area (Å²) in [5, 5.41) is 0. The molecule has 0 radical (unpaired) electrons. The Bertz CT molecular complexity index is 964. The maximum absolute atomic E-state index is 5.92. The van der Waals surface area contributed by atoms with Gasteiger partial charge in [-0.05, 0) is 44.2 Å². The van der Waals surface area contributed by atoms with Crippen molar-refractivity contribution >= 4 is 17.0 Å². The second-order valence-corrected chi connectivity index (χ2v) is 6.11. The molecule has 148 valence electrons. The van der Waals surface area contributed by atoms with Crippen LogP contribution in [-0.4, -0.2) is 48.5 Å². The number of pyridine rings is 1. The monoisotopic (exact) mass is 384 g/mol. The molecule has 1 atom stereocenters. The Hall–Kier alpha value is -3.13. The van der Waals surface area contributed by atoms with Crippen LogP contribution in [0.3, 0.4) is 0 Å². The van der Waals surface area contributed by atoms with Crippen molar-refractivity contribution in [1.29, 1.82) is 0 Å². The Balaban J connectivity index is 2.02. The van der Waals surface area contributed by atoms with Crippen LogP contribution in [-0.2, 0) is 4.74 Å². The van der Waals surface area contributed by atoms with E-state index in [4.69, 9.17) is 29.7 Å². The van der Waals surface area contributed by atoms with Crippen molar-refractivity contribution in [2.45, 2.75) is 20.0 Å². The molecule has 0 saturated heterocycles. The summed E-state index contributed by atoms with van der Waals surface area (Å²) in [7, 11) is 3.19. The van der Waals surface area contributed by atoms with Gasteiger partial charge in [0.1, 0.15) is 6.10 Å². The van der Waals surface area contributed by atoms with E-state index < -0.39 is 0 Å². The third-order valence-corrected chi connectivity index (χ3v) is 4.08. The van der Waals surface area contributed by atoms with Gasteiger partial charge < -0.3 is 24.7 Å². The zero-order valence-corrected chi connectivity index (χ0v) is 16.4. The second-order valence-electron chi connectivity index (χ2n) is 6.11. The summed E-state index contributed by atoms with van der Waals surface area (Å²) < 4.78 is 22.0. The Morgan fingerprint density at radius 3 is 2.50 bits per heavy atom. The minimum Gasteiger partial charge on any atom is -0.493 e. The van der Waals surface area contributed by atoms with Crippen LogP contribution in [0.25, 0.3) is 22.3 Å². The third kappa shape index (κ3) is 4.23. The highest BCUT2D eigenvalue weighted by atomic mass is 16.5. The van der Waals surface area contributed by atoms with E-state index in [9.17, 15) is 0 Å². The fourth-order valence-electron chi connectivity index (χ4n) is 2.75. The van der Waals surface area contributed by atoms with Crippen molar-refractivity contribution in [1.82, 2.24) is 15.0 Å². The molecular weight excluding hydrogens is 360 g/mol. The Morgan fingerprint density at radius 2 is 1.79 bits per heavy atom. The highest BCUT2D eigenvalue weighted by molar-refractivity contribution is 5.83. The molecule has 2 aromatic heterocycles. The van der Waals surface area contributed by atoms with Crippen LogP contribution >= 0.6 is 0 Å².